The van der Waals surface area contributed by atoms with Crippen LogP contribution in [0.1, 0.15) is 11.1 Å². The Kier molecular flexibility index (Phi) is 4.14. The average Bonchev–Trinajstić information content (AvgIpc) is 2.70. The molecule has 0 amide bonds. The molecule has 98 valence electrons. The van der Waals surface area contributed by atoms with Crippen molar-refractivity contribution in [3.8, 4) is 5.75 Å². The molecule has 0 radical (unpaired) electrons. The number of hydrogen-bond donors (Lipinski definition) is 2. The van der Waals surface area contributed by atoms with E-state index in [1.54, 1.807) is 0 Å². The summed E-state index contributed by atoms with van der Waals surface area (Å²) in [5, 5.41) is 8.68. The van der Waals surface area contributed by atoms with Gasteiger partial charge in [-0.1, -0.05) is 17.7 Å². The number of nitrogens with two attached hydrogens (primary N) is 1. The number of thioether (sulfide) groups is 1. The molecule has 1 heterocycles. The standard InChI is InChI=1S/C13H17NO3S/c1-8-2-3-12-9(4-8)5-10(17-12)6-18-7-11(14)13(15)16/h2-4,10-11H,5-7,14H2,1H3,(H,15,16)/t10?,11-/m1/s1. The Morgan fingerprint density at radius 1 is 1.67 bits per heavy atom. The predicted molar refractivity (Wildman–Crippen MR) is 72.2 cm³/mol. The van der Waals surface area contributed by atoms with E-state index < -0.39 is 12.0 Å². The van der Waals surface area contributed by atoms with Crippen LogP contribution >= 0.6 is 11.8 Å². The minimum atomic E-state index is -0.950. The molecule has 0 fully saturated rings. The molecule has 1 aromatic rings. The molecule has 1 aliphatic heterocycles. The smallest absolute Gasteiger partial charge is 0.321 e. The number of hydrogen-bond acceptors (Lipinski definition) is 4. The minimum Gasteiger partial charge on any atom is -0.489 e. The van der Waals surface area contributed by atoms with E-state index in [1.165, 1.54) is 22.9 Å². The third-order valence-corrected chi connectivity index (χ3v) is 4.08. The molecule has 0 aliphatic carbocycles. The zero-order chi connectivity index (χ0) is 13.1. The van der Waals surface area contributed by atoms with E-state index in [1.807, 2.05) is 12.1 Å². The summed E-state index contributed by atoms with van der Waals surface area (Å²) in [6, 6.07) is 5.39. The maximum Gasteiger partial charge on any atom is 0.321 e. The average molecular weight is 267 g/mol. The second-order valence-electron chi connectivity index (χ2n) is 4.54. The van der Waals surface area contributed by atoms with E-state index in [-0.39, 0.29) is 6.10 Å². The Morgan fingerprint density at radius 3 is 3.17 bits per heavy atom. The van der Waals surface area contributed by atoms with Crippen LogP contribution in [0, 0.1) is 6.92 Å². The van der Waals surface area contributed by atoms with Gasteiger partial charge >= 0.3 is 5.97 Å². The fourth-order valence-corrected chi connectivity index (χ4v) is 2.92. The summed E-state index contributed by atoms with van der Waals surface area (Å²) in [7, 11) is 0. The topological polar surface area (TPSA) is 72.6 Å². The van der Waals surface area contributed by atoms with E-state index in [2.05, 4.69) is 13.0 Å². The van der Waals surface area contributed by atoms with Crippen LogP contribution in [-0.4, -0.2) is 34.7 Å². The van der Waals surface area contributed by atoms with Crippen LogP contribution in [0.25, 0.3) is 0 Å². The molecule has 2 rings (SSSR count). The van der Waals surface area contributed by atoms with Gasteiger partial charge in [0.25, 0.3) is 0 Å². The number of benzene rings is 1. The molecule has 0 aromatic heterocycles. The molecule has 0 saturated heterocycles. The molecular formula is C13H17NO3S. The monoisotopic (exact) mass is 267 g/mol. The lowest BCUT2D eigenvalue weighted by Gasteiger charge is -2.11. The van der Waals surface area contributed by atoms with Crippen molar-refractivity contribution >= 4 is 17.7 Å². The molecule has 4 nitrogen and oxygen atoms in total. The van der Waals surface area contributed by atoms with Crippen LogP contribution in [0.2, 0.25) is 0 Å². The zero-order valence-electron chi connectivity index (χ0n) is 10.3. The molecular weight excluding hydrogens is 250 g/mol. The van der Waals surface area contributed by atoms with Gasteiger partial charge in [-0.25, -0.2) is 0 Å². The highest BCUT2D eigenvalue weighted by Crippen LogP contribution is 2.30. The number of fused-ring (bicyclic) bond motifs is 1. The highest BCUT2D eigenvalue weighted by molar-refractivity contribution is 7.99. The zero-order valence-corrected chi connectivity index (χ0v) is 11.1. The normalized spacial score (nSPS) is 19.1. The number of aliphatic carboxylic acids is 1. The van der Waals surface area contributed by atoms with Gasteiger partial charge in [0, 0.05) is 17.9 Å². The van der Waals surface area contributed by atoms with E-state index in [0.29, 0.717) is 5.75 Å². The molecule has 2 atom stereocenters. The maximum atomic E-state index is 10.6. The van der Waals surface area contributed by atoms with Crippen molar-refractivity contribution in [2.45, 2.75) is 25.5 Å². The second-order valence-corrected chi connectivity index (χ2v) is 5.61. The number of carboxylic acids is 1. The van der Waals surface area contributed by atoms with E-state index in [9.17, 15) is 4.79 Å². The van der Waals surface area contributed by atoms with Crippen molar-refractivity contribution in [2.75, 3.05) is 11.5 Å². The Balaban J connectivity index is 1.80. The van der Waals surface area contributed by atoms with Gasteiger partial charge in [0.2, 0.25) is 0 Å². The van der Waals surface area contributed by atoms with Crippen LogP contribution < -0.4 is 10.5 Å². The first-order chi connectivity index (χ1) is 8.56. The van der Waals surface area contributed by atoms with Crippen molar-refractivity contribution in [1.82, 2.24) is 0 Å². The van der Waals surface area contributed by atoms with Crippen LogP contribution in [0.15, 0.2) is 18.2 Å². The summed E-state index contributed by atoms with van der Waals surface area (Å²) >= 11 is 1.53. The molecule has 18 heavy (non-hydrogen) atoms. The summed E-state index contributed by atoms with van der Waals surface area (Å²) < 4.78 is 5.80. The lowest BCUT2D eigenvalue weighted by Crippen LogP contribution is -2.33. The van der Waals surface area contributed by atoms with Gasteiger partial charge in [-0.3, -0.25) is 4.79 Å². The summed E-state index contributed by atoms with van der Waals surface area (Å²) in [5.41, 5.74) is 7.92. The molecule has 0 bridgehead atoms. The van der Waals surface area contributed by atoms with Crippen molar-refractivity contribution < 1.29 is 14.6 Å². The highest BCUT2D eigenvalue weighted by Gasteiger charge is 2.23. The molecule has 1 aliphatic rings. The van der Waals surface area contributed by atoms with Gasteiger partial charge in [0.1, 0.15) is 17.9 Å². The third kappa shape index (κ3) is 3.17. The number of carbonyl (C=O) groups is 1. The SMILES string of the molecule is Cc1ccc2c(c1)CC(CSC[C@@H](N)C(=O)O)O2. The van der Waals surface area contributed by atoms with Gasteiger partial charge in [0.05, 0.1) is 0 Å². The molecule has 1 unspecified atom stereocenters. The van der Waals surface area contributed by atoms with Crippen LogP contribution in [-0.2, 0) is 11.2 Å². The Bertz CT molecular complexity index is 450. The summed E-state index contributed by atoms with van der Waals surface area (Å²) in [6.07, 6.45) is 1.03. The maximum absolute atomic E-state index is 10.6. The quantitative estimate of drug-likeness (QED) is 0.844. The van der Waals surface area contributed by atoms with Crippen molar-refractivity contribution in [2.24, 2.45) is 5.73 Å². The van der Waals surface area contributed by atoms with Gasteiger partial charge in [0.15, 0.2) is 0 Å². The highest BCUT2D eigenvalue weighted by atomic mass is 32.2. The van der Waals surface area contributed by atoms with Crippen molar-refractivity contribution in [3.05, 3.63) is 29.3 Å². The molecule has 1 aromatic carbocycles. The summed E-state index contributed by atoms with van der Waals surface area (Å²) in [5.74, 6) is 1.20. The van der Waals surface area contributed by atoms with Gasteiger partial charge in [-0.15, -0.1) is 0 Å². The van der Waals surface area contributed by atoms with Crippen molar-refractivity contribution in [1.29, 1.82) is 0 Å². The minimum absolute atomic E-state index is 0.132. The first-order valence-corrected chi connectivity index (χ1v) is 7.04. The van der Waals surface area contributed by atoms with Crippen LogP contribution in [0.3, 0.4) is 0 Å². The van der Waals surface area contributed by atoms with Gasteiger partial charge < -0.3 is 15.6 Å². The molecule has 3 N–H and O–H groups in total. The van der Waals surface area contributed by atoms with E-state index in [4.69, 9.17) is 15.6 Å². The number of rotatable bonds is 5. The fourth-order valence-electron chi connectivity index (χ4n) is 1.94. The molecule has 0 saturated carbocycles. The Hall–Kier alpha value is -1.20. The van der Waals surface area contributed by atoms with Crippen molar-refractivity contribution in [3.63, 3.8) is 0 Å². The van der Waals surface area contributed by atoms with Gasteiger partial charge in [-0.05, 0) is 18.6 Å². The second kappa shape index (κ2) is 5.63. The first kappa shape index (κ1) is 13.2. The number of aryl methyl sites for hydroxylation is 1. The lowest BCUT2D eigenvalue weighted by molar-refractivity contribution is -0.137. The Morgan fingerprint density at radius 2 is 2.44 bits per heavy atom. The fraction of sp³-hybridized carbons (Fsp3) is 0.462. The lowest BCUT2D eigenvalue weighted by atomic mass is 10.1. The van der Waals surface area contributed by atoms with E-state index >= 15 is 0 Å². The van der Waals surface area contributed by atoms with E-state index in [0.717, 1.165) is 17.9 Å². The number of ether oxygens (including phenoxy) is 1. The molecule has 0 spiro atoms. The third-order valence-electron chi connectivity index (χ3n) is 2.88. The van der Waals surface area contributed by atoms with Gasteiger partial charge in [-0.2, -0.15) is 11.8 Å². The largest absolute Gasteiger partial charge is 0.489 e. The first-order valence-electron chi connectivity index (χ1n) is 5.88. The Labute approximate surface area is 111 Å². The predicted octanol–water partition coefficient (Wildman–Crippen LogP) is 1.44. The summed E-state index contributed by atoms with van der Waals surface area (Å²) in [4.78, 5) is 10.6. The van der Waals surface area contributed by atoms with Crippen LogP contribution in [0.4, 0.5) is 0 Å². The van der Waals surface area contributed by atoms with Crippen LogP contribution in [0.5, 0.6) is 5.75 Å². The number of carboxylic acid groups (broad SMARTS) is 1. The molecule has 5 heteroatoms. The summed E-state index contributed by atoms with van der Waals surface area (Å²) in [6.45, 7) is 2.06.